The van der Waals surface area contributed by atoms with Gasteiger partial charge in [0.05, 0.1) is 0 Å². The molecule has 1 aromatic carbocycles. The van der Waals surface area contributed by atoms with Crippen molar-refractivity contribution >= 4 is 34.6 Å². The fourth-order valence-electron chi connectivity index (χ4n) is 2.44. The molecule has 8 heteroatoms. The first kappa shape index (κ1) is 13.3. The van der Waals surface area contributed by atoms with Crippen LogP contribution >= 0.6 is 11.8 Å². The summed E-state index contributed by atoms with van der Waals surface area (Å²) in [5.41, 5.74) is 2.90. The van der Waals surface area contributed by atoms with E-state index in [1.54, 1.807) is 0 Å². The highest BCUT2D eigenvalue weighted by Gasteiger charge is 2.10. The van der Waals surface area contributed by atoms with Crippen molar-refractivity contribution in [1.82, 2.24) is 25.3 Å². The monoisotopic (exact) mass is 313 g/mol. The van der Waals surface area contributed by atoms with E-state index in [2.05, 4.69) is 55.1 Å². The number of nitrogens with zero attached hydrogens (tertiary/aromatic N) is 6. The Bertz CT molecular complexity index is 764. The summed E-state index contributed by atoms with van der Waals surface area (Å²) in [6, 6.07) is 12.1. The number of hydrogen-bond donors (Lipinski definition) is 1. The summed E-state index contributed by atoms with van der Waals surface area (Å²) in [6.07, 6.45) is 0. The molecule has 3 aromatic rings. The van der Waals surface area contributed by atoms with Crippen molar-refractivity contribution in [2.75, 3.05) is 34.8 Å². The number of nitrogens with one attached hydrogen (secondary N) is 1. The highest BCUT2D eigenvalue weighted by molar-refractivity contribution is 7.99. The first-order valence-electron chi connectivity index (χ1n) is 7.14. The van der Waals surface area contributed by atoms with E-state index in [0.29, 0.717) is 11.5 Å². The maximum absolute atomic E-state index is 4.30. The van der Waals surface area contributed by atoms with Gasteiger partial charge in [-0.2, -0.15) is 11.8 Å². The summed E-state index contributed by atoms with van der Waals surface area (Å²) >= 11 is 2.02. The van der Waals surface area contributed by atoms with Crippen LogP contribution in [0.1, 0.15) is 0 Å². The molecule has 1 aliphatic rings. The Balaban J connectivity index is 1.50. The fourth-order valence-corrected chi connectivity index (χ4v) is 3.34. The van der Waals surface area contributed by atoms with Crippen LogP contribution in [0.5, 0.6) is 0 Å². The van der Waals surface area contributed by atoms with Gasteiger partial charge in [0, 0.05) is 36.0 Å². The Labute approximate surface area is 131 Å². The quantitative estimate of drug-likeness (QED) is 0.790. The largest absolute Gasteiger partial charge is 0.370 e. The van der Waals surface area contributed by atoms with Crippen molar-refractivity contribution in [1.29, 1.82) is 0 Å². The molecular formula is C14H15N7S. The van der Waals surface area contributed by atoms with Crippen molar-refractivity contribution in [2.45, 2.75) is 0 Å². The van der Waals surface area contributed by atoms with Gasteiger partial charge in [0.2, 0.25) is 0 Å². The van der Waals surface area contributed by atoms with Gasteiger partial charge in [-0.15, -0.1) is 14.8 Å². The summed E-state index contributed by atoms with van der Waals surface area (Å²) in [6.45, 7) is 2.24. The molecule has 0 radical (unpaired) electrons. The lowest BCUT2D eigenvalue weighted by molar-refractivity contribution is 0.736. The van der Waals surface area contributed by atoms with Crippen molar-refractivity contribution in [2.24, 2.45) is 0 Å². The van der Waals surface area contributed by atoms with Gasteiger partial charge >= 0.3 is 0 Å². The van der Waals surface area contributed by atoms with E-state index in [1.165, 1.54) is 21.8 Å². The van der Waals surface area contributed by atoms with Gasteiger partial charge in [-0.1, -0.05) is 0 Å². The molecule has 2 aromatic heterocycles. The van der Waals surface area contributed by atoms with Crippen LogP contribution in [0.15, 0.2) is 36.4 Å². The van der Waals surface area contributed by atoms with E-state index in [-0.39, 0.29) is 0 Å². The fraction of sp³-hybridized carbons (Fsp3) is 0.286. The van der Waals surface area contributed by atoms with Crippen LogP contribution in [0, 0.1) is 0 Å². The first-order chi connectivity index (χ1) is 10.9. The summed E-state index contributed by atoms with van der Waals surface area (Å²) < 4.78 is 1.40. The van der Waals surface area contributed by atoms with E-state index in [0.717, 1.165) is 18.8 Å². The Morgan fingerprint density at radius 1 is 1.00 bits per heavy atom. The number of aromatic nitrogens is 5. The van der Waals surface area contributed by atoms with Crippen molar-refractivity contribution in [3.8, 4) is 0 Å². The lowest BCUT2D eigenvalue weighted by Crippen LogP contribution is -2.32. The van der Waals surface area contributed by atoms with E-state index < -0.39 is 0 Å². The third-order valence-electron chi connectivity index (χ3n) is 3.59. The van der Waals surface area contributed by atoms with E-state index in [4.69, 9.17) is 0 Å². The predicted molar refractivity (Wildman–Crippen MR) is 87.8 cm³/mol. The lowest BCUT2D eigenvalue weighted by Gasteiger charge is -2.28. The summed E-state index contributed by atoms with van der Waals surface area (Å²) in [7, 11) is 0. The predicted octanol–water partition coefficient (Wildman–Crippen LogP) is 1.82. The van der Waals surface area contributed by atoms with Crippen LogP contribution in [0.4, 0.5) is 17.2 Å². The smallest absolute Gasteiger partial charge is 0.200 e. The van der Waals surface area contributed by atoms with Crippen molar-refractivity contribution in [3.63, 3.8) is 0 Å². The van der Waals surface area contributed by atoms with Crippen LogP contribution in [-0.4, -0.2) is 49.8 Å². The molecule has 112 valence electrons. The molecule has 0 saturated carbocycles. The van der Waals surface area contributed by atoms with Gasteiger partial charge in [-0.25, -0.2) is 0 Å². The zero-order valence-corrected chi connectivity index (χ0v) is 12.7. The Morgan fingerprint density at radius 2 is 1.82 bits per heavy atom. The third-order valence-corrected chi connectivity index (χ3v) is 4.53. The minimum Gasteiger partial charge on any atom is -0.370 e. The van der Waals surface area contributed by atoms with E-state index >= 15 is 0 Å². The van der Waals surface area contributed by atoms with Crippen LogP contribution < -0.4 is 10.2 Å². The number of rotatable bonds is 3. The summed E-state index contributed by atoms with van der Waals surface area (Å²) in [5.74, 6) is 3.12. The van der Waals surface area contributed by atoms with Gasteiger partial charge in [0.1, 0.15) is 0 Å². The van der Waals surface area contributed by atoms with E-state index in [1.807, 2.05) is 23.9 Å². The third kappa shape index (κ3) is 2.69. The van der Waals surface area contributed by atoms with Crippen molar-refractivity contribution in [3.05, 3.63) is 36.4 Å². The highest BCUT2D eigenvalue weighted by atomic mass is 32.2. The maximum atomic E-state index is 4.30. The molecule has 0 amide bonds. The van der Waals surface area contributed by atoms with Gasteiger partial charge in [0.25, 0.3) is 0 Å². The normalized spacial score (nSPS) is 15.2. The van der Waals surface area contributed by atoms with Crippen LogP contribution in [0.3, 0.4) is 0 Å². The zero-order valence-electron chi connectivity index (χ0n) is 11.9. The topological polar surface area (TPSA) is 71.2 Å². The molecule has 0 spiro atoms. The minimum atomic E-state index is 0.629. The second-order valence-electron chi connectivity index (χ2n) is 5.02. The SMILES string of the molecule is c1cc(N2CCSCC2)ccc1Nc1ccc2nnnn2n1. The van der Waals surface area contributed by atoms with Gasteiger partial charge in [-0.3, -0.25) is 0 Å². The molecule has 0 aliphatic carbocycles. The molecule has 1 N–H and O–H groups in total. The van der Waals surface area contributed by atoms with Crippen LogP contribution in [0.2, 0.25) is 0 Å². The molecule has 0 bridgehead atoms. The molecule has 7 nitrogen and oxygen atoms in total. The first-order valence-corrected chi connectivity index (χ1v) is 8.29. The standard InChI is InChI=1S/C14H15N7S/c1-3-12(20-7-9-22-10-8-20)4-2-11(1)15-13-5-6-14-16-18-19-21(14)17-13/h1-6H,7-10H2,(H,15,17). The average Bonchev–Trinajstić information content (AvgIpc) is 3.04. The second-order valence-corrected chi connectivity index (χ2v) is 6.24. The van der Waals surface area contributed by atoms with Crippen LogP contribution in [-0.2, 0) is 0 Å². The Morgan fingerprint density at radius 3 is 2.64 bits per heavy atom. The molecule has 3 heterocycles. The number of thioether (sulfide) groups is 1. The molecule has 1 aliphatic heterocycles. The summed E-state index contributed by atoms with van der Waals surface area (Å²) in [5, 5.41) is 18.8. The second kappa shape index (κ2) is 5.80. The highest BCUT2D eigenvalue weighted by Crippen LogP contribution is 2.22. The number of hydrogen-bond acceptors (Lipinski definition) is 7. The molecule has 4 rings (SSSR count). The minimum absolute atomic E-state index is 0.629. The lowest BCUT2D eigenvalue weighted by atomic mass is 10.2. The number of fused-ring (bicyclic) bond motifs is 1. The molecule has 0 unspecified atom stereocenters. The van der Waals surface area contributed by atoms with Crippen molar-refractivity contribution < 1.29 is 0 Å². The van der Waals surface area contributed by atoms with Gasteiger partial charge in [-0.05, 0) is 46.8 Å². The number of anilines is 3. The number of tetrazole rings is 1. The maximum Gasteiger partial charge on any atom is 0.200 e. The van der Waals surface area contributed by atoms with E-state index in [9.17, 15) is 0 Å². The Kier molecular flexibility index (Phi) is 3.51. The van der Waals surface area contributed by atoms with Crippen LogP contribution in [0.25, 0.3) is 5.65 Å². The molecule has 22 heavy (non-hydrogen) atoms. The Hall–Kier alpha value is -2.35. The molecule has 1 fully saturated rings. The summed E-state index contributed by atoms with van der Waals surface area (Å²) in [4.78, 5) is 2.42. The molecular weight excluding hydrogens is 298 g/mol. The van der Waals surface area contributed by atoms with Gasteiger partial charge in [0.15, 0.2) is 11.5 Å². The van der Waals surface area contributed by atoms with Gasteiger partial charge < -0.3 is 10.2 Å². The number of benzene rings is 1. The zero-order chi connectivity index (χ0) is 14.8. The molecule has 1 saturated heterocycles. The molecule has 0 atom stereocenters. The average molecular weight is 313 g/mol.